The monoisotopic (exact) mass is 790 g/mol. The highest BCUT2D eigenvalue weighted by Gasteiger charge is 2.39. The molecule has 0 bridgehead atoms. The zero-order chi connectivity index (χ0) is 41.1. The van der Waals surface area contributed by atoms with Gasteiger partial charge in [-0.2, -0.15) is 0 Å². The van der Waals surface area contributed by atoms with Gasteiger partial charge >= 0.3 is 12.2 Å². The fraction of sp³-hybridized carbons (Fsp3) is 0.429. The van der Waals surface area contributed by atoms with Crippen LogP contribution in [-0.2, 0) is 19.1 Å². The maximum Gasteiger partial charge on any atom is 0.407 e. The second-order valence-electron chi connectivity index (χ2n) is 15.5. The number of carbonyl (C=O) groups is 4. The van der Waals surface area contributed by atoms with Crippen molar-refractivity contribution in [1.29, 1.82) is 0 Å². The van der Waals surface area contributed by atoms with E-state index in [1.165, 1.54) is 14.2 Å². The summed E-state index contributed by atoms with van der Waals surface area (Å²) in [5.74, 6) is 1.43. The smallest absolute Gasteiger partial charge is 0.407 e. The lowest BCUT2D eigenvalue weighted by Crippen LogP contribution is -2.51. The van der Waals surface area contributed by atoms with Crippen LogP contribution in [0.2, 0.25) is 0 Å². The number of aromatic nitrogens is 6. The van der Waals surface area contributed by atoms with Crippen LogP contribution in [0.25, 0.3) is 44.8 Å². The van der Waals surface area contributed by atoms with E-state index in [1.54, 1.807) is 23.5 Å². The molecule has 4 amide bonds. The summed E-state index contributed by atoms with van der Waals surface area (Å²) in [5.41, 5.74) is 6.05. The molecule has 0 spiro atoms. The van der Waals surface area contributed by atoms with Crippen molar-refractivity contribution in [3.8, 4) is 33.8 Å². The predicted octanol–water partition coefficient (Wildman–Crippen LogP) is 6.17. The van der Waals surface area contributed by atoms with Crippen molar-refractivity contribution in [2.75, 3.05) is 27.3 Å². The Morgan fingerprint density at radius 1 is 0.672 bits per heavy atom. The molecule has 0 unspecified atom stereocenters. The van der Waals surface area contributed by atoms with E-state index in [2.05, 4.69) is 41.6 Å². The molecule has 2 aliphatic heterocycles. The minimum atomic E-state index is -0.706. The number of hydrogen-bond donors (Lipinski definition) is 4. The summed E-state index contributed by atoms with van der Waals surface area (Å²) < 4.78 is 9.51. The van der Waals surface area contributed by atoms with Gasteiger partial charge in [0.2, 0.25) is 11.8 Å². The number of nitrogens with one attached hydrogen (secondary N) is 4. The molecule has 3 aromatic heterocycles. The number of ether oxygens (including phenoxy) is 2. The largest absolute Gasteiger partial charge is 0.453 e. The normalized spacial score (nSPS) is 17.8. The van der Waals surface area contributed by atoms with Crippen molar-refractivity contribution in [2.24, 2.45) is 11.8 Å². The predicted molar refractivity (Wildman–Crippen MR) is 216 cm³/mol. The fourth-order valence-corrected chi connectivity index (χ4v) is 7.83. The maximum atomic E-state index is 13.6. The third kappa shape index (κ3) is 8.22. The zero-order valence-corrected chi connectivity index (χ0v) is 33.6. The Bertz CT molecular complexity index is 2270. The Kier molecular flexibility index (Phi) is 11.7. The van der Waals surface area contributed by atoms with Crippen molar-refractivity contribution >= 4 is 35.0 Å². The Balaban J connectivity index is 1.02. The van der Waals surface area contributed by atoms with Gasteiger partial charge in [0.25, 0.3) is 0 Å². The highest BCUT2D eigenvalue weighted by molar-refractivity contribution is 5.88. The molecule has 5 heterocycles. The van der Waals surface area contributed by atoms with Crippen LogP contribution in [0.4, 0.5) is 9.59 Å². The first-order valence-electron chi connectivity index (χ1n) is 19.7. The minimum absolute atomic E-state index is 0.113. The van der Waals surface area contributed by atoms with E-state index in [4.69, 9.17) is 14.5 Å². The lowest BCUT2D eigenvalue weighted by molar-refractivity contribution is -0.136. The minimum Gasteiger partial charge on any atom is -0.453 e. The molecule has 2 saturated heterocycles. The van der Waals surface area contributed by atoms with Gasteiger partial charge in [-0.15, -0.1) is 0 Å². The first-order chi connectivity index (χ1) is 27.9. The topological polar surface area (TPSA) is 200 Å². The van der Waals surface area contributed by atoms with Crippen LogP contribution >= 0.6 is 0 Å². The average molecular weight is 791 g/mol. The van der Waals surface area contributed by atoms with Gasteiger partial charge in [0.1, 0.15) is 23.7 Å². The number of likely N-dealkylation sites (tertiary alicyclic amines) is 2. The molecule has 58 heavy (non-hydrogen) atoms. The van der Waals surface area contributed by atoms with E-state index in [0.717, 1.165) is 70.5 Å². The van der Waals surface area contributed by atoms with Gasteiger partial charge in [-0.1, -0.05) is 58.0 Å². The SMILES string of the molecule is COC(=O)N[C@H](C(=O)N1CCC[C@H]1c1ncc(-c2cnc(-c3ccc(-c4ccc5nc([C@@H]6CCCN6C(=O)[C@@H](NC(=O)OC)C(C)C)[nH]c5c4)cc3)nc2)[nH]1)C(C)C. The molecular weight excluding hydrogens is 741 g/mol. The Labute approximate surface area is 336 Å². The van der Waals surface area contributed by atoms with Crippen molar-refractivity contribution < 1.29 is 28.7 Å². The van der Waals surface area contributed by atoms with Gasteiger partial charge in [0.05, 0.1) is 49.2 Å². The van der Waals surface area contributed by atoms with Crippen molar-refractivity contribution in [3.63, 3.8) is 0 Å². The van der Waals surface area contributed by atoms with E-state index < -0.39 is 24.3 Å². The Morgan fingerprint density at radius 3 is 1.76 bits per heavy atom. The van der Waals surface area contributed by atoms with Crippen LogP contribution in [0.15, 0.2) is 61.1 Å². The lowest BCUT2D eigenvalue weighted by Gasteiger charge is -2.30. The maximum absolute atomic E-state index is 13.6. The average Bonchev–Trinajstić information content (AvgIpc) is 4.07. The zero-order valence-electron chi connectivity index (χ0n) is 33.6. The molecule has 2 aromatic carbocycles. The third-order valence-electron chi connectivity index (χ3n) is 11.0. The van der Waals surface area contributed by atoms with Gasteiger partial charge in [-0.05, 0) is 60.8 Å². The second kappa shape index (κ2) is 17.0. The molecule has 0 radical (unpaired) electrons. The molecule has 16 nitrogen and oxygen atoms in total. The van der Waals surface area contributed by atoms with Crippen LogP contribution in [0, 0.1) is 11.8 Å². The van der Waals surface area contributed by atoms with E-state index in [1.807, 2.05) is 69.0 Å². The number of nitrogens with zero attached hydrogens (tertiary/aromatic N) is 6. The molecule has 7 rings (SSSR count). The van der Waals surface area contributed by atoms with Crippen molar-refractivity contribution in [2.45, 2.75) is 77.5 Å². The molecule has 0 aliphatic carbocycles. The summed E-state index contributed by atoms with van der Waals surface area (Å²) in [6.07, 6.45) is 7.16. The summed E-state index contributed by atoms with van der Waals surface area (Å²) >= 11 is 0. The van der Waals surface area contributed by atoms with E-state index >= 15 is 0 Å². The number of H-pyrrole nitrogens is 2. The molecule has 4 atom stereocenters. The van der Waals surface area contributed by atoms with Crippen LogP contribution < -0.4 is 10.6 Å². The number of carbonyl (C=O) groups excluding carboxylic acids is 4. The fourth-order valence-electron chi connectivity index (χ4n) is 7.83. The number of alkyl carbamates (subject to hydrolysis) is 2. The molecule has 0 saturated carbocycles. The number of methoxy groups -OCH3 is 2. The van der Waals surface area contributed by atoms with Crippen molar-refractivity contribution in [3.05, 3.63) is 72.7 Å². The van der Waals surface area contributed by atoms with E-state index in [9.17, 15) is 19.2 Å². The number of aromatic amines is 2. The molecule has 5 aromatic rings. The Morgan fingerprint density at radius 2 is 1.21 bits per heavy atom. The number of hydrogen-bond acceptors (Lipinski definition) is 10. The van der Waals surface area contributed by atoms with Crippen molar-refractivity contribution in [1.82, 2.24) is 50.3 Å². The first kappa shape index (κ1) is 39.9. The quantitative estimate of drug-likeness (QED) is 0.120. The standard InChI is InChI=1S/C42H50N10O6/c1-23(2)34(49-41(55)57-5)39(53)51-17-7-9-32(51)37-45-22-31(48-37)28-20-43-36(44-21-28)26-13-11-25(12-14-26)27-15-16-29-30(19-27)47-38(46-29)33-10-8-18-52(33)40(54)35(24(3)4)50-42(56)58-6/h11-16,19-24,32-35H,7-10,17-18H2,1-6H3,(H,45,48)(H,46,47)(H,49,55)(H,50,56)/t32-,33-,34-,35-/m0/s1. The molecule has 304 valence electrons. The third-order valence-corrected chi connectivity index (χ3v) is 11.0. The number of benzene rings is 2. The first-order valence-corrected chi connectivity index (χ1v) is 19.7. The summed E-state index contributed by atoms with van der Waals surface area (Å²) in [5, 5.41) is 5.38. The van der Waals surface area contributed by atoms with Crippen LogP contribution in [0.1, 0.15) is 77.1 Å². The summed E-state index contributed by atoms with van der Waals surface area (Å²) in [6.45, 7) is 8.73. The van der Waals surface area contributed by atoms with Gasteiger partial charge in [-0.3, -0.25) is 9.59 Å². The van der Waals surface area contributed by atoms with Crippen LogP contribution in [0.3, 0.4) is 0 Å². The van der Waals surface area contributed by atoms with Crippen LogP contribution in [0.5, 0.6) is 0 Å². The number of amides is 4. The summed E-state index contributed by atoms with van der Waals surface area (Å²) in [6, 6.07) is 12.2. The van der Waals surface area contributed by atoms with Gasteiger partial charge in [0, 0.05) is 36.6 Å². The molecule has 4 N–H and O–H groups in total. The lowest BCUT2D eigenvalue weighted by atomic mass is 10.0. The summed E-state index contributed by atoms with van der Waals surface area (Å²) in [4.78, 5) is 80.3. The van der Waals surface area contributed by atoms with Gasteiger partial charge in [0.15, 0.2) is 5.82 Å². The highest BCUT2D eigenvalue weighted by atomic mass is 16.5. The molecule has 2 aliphatic rings. The summed E-state index contributed by atoms with van der Waals surface area (Å²) in [7, 11) is 2.57. The number of rotatable bonds is 11. The number of fused-ring (bicyclic) bond motifs is 1. The van der Waals surface area contributed by atoms with E-state index in [0.29, 0.717) is 24.7 Å². The molecule has 2 fully saturated rings. The van der Waals surface area contributed by atoms with E-state index in [-0.39, 0.29) is 35.7 Å². The highest BCUT2D eigenvalue weighted by Crippen LogP contribution is 2.35. The second-order valence-corrected chi connectivity index (χ2v) is 15.5. The Hall–Kier alpha value is -6.32. The van der Waals surface area contributed by atoms with Gasteiger partial charge < -0.3 is 39.9 Å². The van der Waals surface area contributed by atoms with Crippen LogP contribution in [-0.4, -0.2) is 103 Å². The molecular formula is C42H50N10O6. The molecule has 16 heteroatoms. The van der Waals surface area contributed by atoms with Gasteiger partial charge in [-0.25, -0.2) is 29.5 Å². The number of imidazole rings is 2.